The SMILES string of the molecule is CC(C)(O)C1CCN(c2nc(N[C@H]3C[C@H](S(C)(=O)=O)C3)nc3c2cnn3-c2cccc(OC(F)F)c2)CC1. The van der Waals surface area contributed by atoms with Crippen LogP contribution in [0.25, 0.3) is 16.7 Å². The minimum absolute atomic E-state index is 0.00348. The van der Waals surface area contributed by atoms with Gasteiger partial charge >= 0.3 is 6.61 Å². The molecule has 38 heavy (non-hydrogen) atoms. The number of nitrogens with one attached hydrogen (secondary N) is 1. The number of benzene rings is 1. The van der Waals surface area contributed by atoms with Gasteiger partial charge in [-0.05, 0) is 57.6 Å². The number of aromatic nitrogens is 4. The van der Waals surface area contributed by atoms with Gasteiger partial charge in [0.15, 0.2) is 5.65 Å². The molecule has 3 aromatic rings. The number of fused-ring (bicyclic) bond motifs is 1. The van der Waals surface area contributed by atoms with E-state index in [9.17, 15) is 22.3 Å². The van der Waals surface area contributed by atoms with Crippen molar-refractivity contribution in [2.75, 3.05) is 29.6 Å². The van der Waals surface area contributed by atoms with Gasteiger partial charge in [0.1, 0.15) is 21.4 Å². The number of alkyl halides is 2. The molecule has 1 aliphatic heterocycles. The highest BCUT2D eigenvalue weighted by molar-refractivity contribution is 7.91. The maximum atomic E-state index is 12.8. The van der Waals surface area contributed by atoms with Crippen molar-refractivity contribution in [2.45, 2.75) is 63.0 Å². The largest absolute Gasteiger partial charge is 0.435 e. The Bertz CT molecular complexity index is 1410. The molecule has 0 unspecified atom stereocenters. The minimum atomic E-state index is -3.10. The summed E-state index contributed by atoms with van der Waals surface area (Å²) in [5.74, 6) is 1.19. The van der Waals surface area contributed by atoms with Gasteiger partial charge in [-0.2, -0.15) is 23.8 Å². The van der Waals surface area contributed by atoms with Crippen LogP contribution in [0.3, 0.4) is 0 Å². The third-order valence-corrected chi connectivity index (χ3v) is 9.12. The zero-order chi connectivity index (χ0) is 27.2. The fraction of sp³-hybridized carbons (Fsp3) is 0.560. The quantitative estimate of drug-likeness (QED) is 0.435. The van der Waals surface area contributed by atoms with Gasteiger partial charge < -0.3 is 20.1 Å². The van der Waals surface area contributed by atoms with Crippen LogP contribution in [0.2, 0.25) is 0 Å². The topological polar surface area (TPSA) is 122 Å². The van der Waals surface area contributed by atoms with Crippen molar-refractivity contribution in [3.63, 3.8) is 0 Å². The molecule has 3 heterocycles. The van der Waals surface area contributed by atoms with Gasteiger partial charge in [0, 0.05) is 31.5 Å². The lowest BCUT2D eigenvalue weighted by molar-refractivity contribution is -0.0498. The summed E-state index contributed by atoms with van der Waals surface area (Å²) < 4.78 is 55.4. The fourth-order valence-corrected chi connectivity index (χ4v) is 6.36. The molecule has 2 aliphatic rings. The van der Waals surface area contributed by atoms with E-state index in [0.717, 1.165) is 12.8 Å². The van der Waals surface area contributed by atoms with Crippen molar-refractivity contribution in [2.24, 2.45) is 5.92 Å². The number of sulfone groups is 1. The number of hydrogen-bond acceptors (Lipinski definition) is 9. The summed E-state index contributed by atoms with van der Waals surface area (Å²) >= 11 is 0. The smallest absolute Gasteiger partial charge is 0.387 e. The fourth-order valence-electron chi connectivity index (χ4n) is 5.19. The summed E-state index contributed by atoms with van der Waals surface area (Å²) in [6.45, 7) is 2.08. The van der Waals surface area contributed by atoms with Crippen LogP contribution < -0.4 is 15.0 Å². The average Bonchev–Trinajstić information content (AvgIpc) is 3.23. The number of piperidine rings is 1. The molecule has 10 nitrogen and oxygen atoms in total. The summed E-state index contributed by atoms with van der Waals surface area (Å²) in [5.41, 5.74) is 0.210. The standard InChI is InChI=1S/C25H32F2N6O4S/c1-25(2,34)15-7-9-32(10-8-15)21-20-14-28-33(17-5-4-6-18(13-17)37-23(26)27)22(20)31-24(30-21)29-16-11-19(12-16)38(3,35)36/h4-6,13-16,19,23,34H,7-12H2,1-3H3,(H,29,30,31)/t16-,19-. The van der Waals surface area contributed by atoms with E-state index < -0.39 is 22.0 Å². The molecule has 206 valence electrons. The number of halogens is 2. The van der Waals surface area contributed by atoms with Crippen LogP contribution in [0, 0.1) is 5.92 Å². The molecule has 0 amide bonds. The van der Waals surface area contributed by atoms with E-state index in [1.807, 2.05) is 13.8 Å². The molecule has 0 spiro atoms. The van der Waals surface area contributed by atoms with E-state index in [1.165, 1.54) is 18.4 Å². The van der Waals surface area contributed by atoms with E-state index >= 15 is 0 Å². The summed E-state index contributed by atoms with van der Waals surface area (Å²) in [4.78, 5) is 11.6. The highest BCUT2D eigenvalue weighted by Gasteiger charge is 2.37. The molecule has 13 heteroatoms. The number of anilines is 2. The Morgan fingerprint density at radius 3 is 2.53 bits per heavy atom. The van der Waals surface area contributed by atoms with Gasteiger partial charge in [-0.3, -0.25) is 0 Å². The third kappa shape index (κ3) is 5.53. The molecule has 2 aromatic heterocycles. The number of rotatable bonds is 8. The second kappa shape index (κ2) is 9.92. The molecule has 5 rings (SSSR count). The first-order valence-corrected chi connectivity index (χ1v) is 14.6. The highest BCUT2D eigenvalue weighted by Crippen LogP contribution is 2.35. The molecule has 0 atom stereocenters. The first-order valence-electron chi connectivity index (χ1n) is 12.6. The number of aliphatic hydroxyl groups is 1. The zero-order valence-electron chi connectivity index (χ0n) is 21.5. The number of nitrogens with zero attached hydrogens (tertiary/aromatic N) is 5. The minimum Gasteiger partial charge on any atom is -0.435 e. The van der Waals surface area contributed by atoms with Crippen LogP contribution in [-0.4, -0.2) is 76.1 Å². The summed E-state index contributed by atoms with van der Waals surface area (Å²) in [7, 11) is -3.10. The number of ether oxygens (including phenoxy) is 1. The van der Waals surface area contributed by atoms with Gasteiger partial charge in [0.2, 0.25) is 5.95 Å². The number of hydrogen-bond donors (Lipinski definition) is 2. The maximum Gasteiger partial charge on any atom is 0.387 e. The normalized spacial score (nSPS) is 21.1. The van der Waals surface area contributed by atoms with Crippen LogP contribution in [0.1, 0.15) is 39.5 Å². The average molecular weight is 551 g/mol. The van der Waals surface area contributed by atoms with Crippen molar-refractivity contribution in [1.82, 2.24) is 19.7 Å². The Hall–Kier alpha value is -3.06. The van der Waals surface area contributed by atoms with Crippen molar-refractivity contribution in [3.05, 3.63) is 30.5 Å². The molecular weight excluding hydrogens is 518 g/mol. The first kappa shape index (κ1) is 26.5. The Labute approximate surface area is 219 Å². The van der Waals surface area contributed by atoms with E-state index in [4.69, 9.17) is 9.97 Å². The Morgan fingerprint density at radius 1 is 1.18 bits per heavy atom. The molecule has 1 saturated carbocycles. The molecule has 0 radical (unpaired) electrons. The molecular formula is C25H32F2N6O4S. The monoisotopic (exact) mass is 550 g/mol. The van der Waals surface area contributed by atoms with Crippen LogP contribution >= 0.6 is 0 Å². The summed E-state index contributed by atoms with van der Waals surface area (Å²) in [6, 6.07) is 6.14. The highest BCUT2D eigenvalue weighted by atomic mass is 32.2. The van der Waals surface area contributed by atoms with E-state index in [-0.39, 0.29) is 23.0 Å². The first-order chi connectivity index (χ1) is 17.9. The van der Waals surface area contributed by atoms with Gasteiger partial charge in [-0.1, -0.05) is 6.07 Å². The van der Waals surface area contributed by atoms with Crippen LogP contribution in [-0.2, 0) is 9.84 Å². The van der Waals surface area contributed by atoms with Crippen molar-refractivity contribution in [1.29, 1.82) is 0 Å². The molecule has 1 saturated heterocycles. The molecule has 0 bridgehead atoms. The lowest BCUT2D eigenvalue weighted by Crippen LogP contribution is -2.44. The predicted octanol–water partition coefficient (Wildman–Crippen LogP) is 3.39. The summed E-state index contributed by atoms with van der Waals surface area (Å²) in [5, 5.41) is 18.5. The van der Waals surface area contributed by atoms with Gasteiger partial charge in [-0.15, -0.1) is 0 Å². The molecule has 2 N–H and O–H groups in total. The van der Waals surface area contributed by atoms with Crippen molar-refractivity contribution in [3.8, 4) is 11.4 Å². The van der Waals surface area contributed by atoms with Gasteiger partial charge in [0.05, 0.1) is 28.1 Å². The third-order valence-electron chi connectivity index (χ3n) is 7.52. The van der Waals surface area contributed by atoms with Crippen molar-refractivity contribution < 1.29 is 27.0 Å². The second-order valence-electron chi connectivity index (χ2n) is 10.7. The van der Waals surface area contributed by atoms with Crippen molar-refractivity contribution >= 4 is 32.6 Å². The lowest BCUT2D eigenvalue weighted by atomic mass is 9.83. The molecule has 1 aromatic carbocycles. The summed E-state index contributed by atoms with van der Waals surface area (Å²) in [6.07, 6.45) is 5.42. The molecule has 1 aliphatic carbocycles. The van der Waals surface area contributed by atoms with E-state index in [2.05, 4.69) is 20.1 Å². The van der Waals surface area contributed by atoms with Crippen LogP contribution in [0.4, 0.5) is 20.5 Å². The second-order valence-corrected chi connectivity index (χ2v) is 13.0. The Balaban J connectivity index is 1.49. The predicted molar refractivity (Wildman–Crippen MR) is 140 cm³/mol. The van der Waals surface area contributed by atoms with E-state index in [1.54, 1.807) is 23.0 Å². The van der Waals surface area contributed by atoms with Crippen LogP contribution in [0.15, 0.2) is 30.5 Å². The zero-order valence-corrected chi connectivity index (χ0v) is 22.3. The van der Waals surface area contributed by atoms with Gasteiger partial charge in [-0.25, -0.2) is 13.1 Å². The lowest BCUT2D eigenvalue weighted by Gasteiger charge is -2.38. The molecule has 2 fully saturated rings. The maximum absolute atomic E-state index is 12.8. The Morgan fingerprint density at radius 2 is 1.89 bits per heavy atom. The Kier molecular flexibility index (Phi) is 6.93. The van der Waals surface area contributed by atoms with E-state index in [0.29, 0.717) is 54.4 Å². The van der Waals surface area contributed by atoms with Crippen LogP contribution in [0.5, 0.6) is 5.75 Å². The van der Waals surface area contributed by atoms with Gasteiger partial charge in [0.25, 0.3) is 0 Å².